The molecule has 1 atom stereocenters. The second-order valence-corrected chi connectivity index (χ2v) is 11.2. The topological polar surface area (TPSA) is 105 Å². The summed E-state index contributed by atoms with van der Waals surface area (Å²) in [7, 11) is -4.04. The van der Waals surface area contributed by atoms with Crippen LogP contribution in [-0.4, -0.2) is 46.2 Å². The SMILES string of the molecule is O=C(NCc1cc(-c2ccc(C(F)(F)F)cc2)nc(-c2cccnc2)n1)[C@@H]1CCCN1S(=O)(=O)c1ccc(F)cc1. The highest BCUT2D eigenvalue weighted by atomic mass is 32.2. The van der Waals surface area contributed by atoms with E-state index in [0.29, 0.717) is 35.4 Å². The third-order valence-electron chi connectivity index (χ3n) is 6.58. The van der Waals surface area contributed by atoms with Gasteiger partial charge in [0.25, 0.3) is 0 Å². The van der Waals surface area contributed by atoms with E-state index in [1.165, 1.54) is 18.3 Å². The molecule has 8 nitrogen and oxygen atoms in total. The number of alkyl halides is 3. The van der Waals surface area contributed by atoms with Gasteiger partial charge in [0.05, 0.1) is 28.4 Å². The molecule has 2 aromatic carbocycles. The van der Waals surface area contributed by atoms with Gasteiger partial charge in [0, 0.05) is 30.1 Å². The third-order valence-corrected chi connectivity index (χ3v) is 8.50. The summed E-state index contributed by atoms with van der Waals surface area (Å²) in [4.78, 5) is 26.1. The summed E-state index contributed by atoms with van der Waals surface area (Å²) in [6.07, 6.45) is -0.621. The van der Waals surface area contributed by atoms with Crippen molar-refractivity contribution in [1.29, 1.82) is 0 Å². The van der Waals surface area contributed by atoms with Crippen LogP contribution in [0.2, 0.25) is 0 Å². The molecule has 1 fully saturated rings. The highest BCUT2D eigenvalue weighted by Crippen LogP contribution is 2.31. The highest BCUT2D eigenvalue weighted by molar-refractivity contribution is 7.89. The van der Waals surface area contributed by atoms with Crippen LogP contribution in [0.3, 0.4) is 0 Å². The molecule has 0 spiro atoms. The Balaban J connectivity index is 1.39. The molecule has 1 saturated heterocycles. The summed E-state index contributed by atoms with van der Waals surface area (Å²) < 4.78 is 79.9. The van der Waals surface area contributed by atoms with Crippen molar-refractivity contribution in [3.63, 3.8) is 0 Å². The Morgan fingerprint density at radius 1 is 1.00 bits per heavy atom. The highest BCUT2D eigenvalue weighted by Gasteiger charge is 2.39. The quantitative estimate of drug-likeness (QED) is 0.312. The largest absolute Gasteiger partial charge is 0.416 e. The number of nitrogens with one attached hydrogen (secondary N) is 1. The molecule has 13 heteroatoms. The lowest BCUT2D eigenvalue weighted by molar-refractivity contribution is -0.137. The number of carbonyl (C=O) groups excluding carboxylic acids is 1. The molecule has 3 heterocycles. The van der Waals surface area contributed by atoms with Crippen LogP contribution < -0.4 is 5.32 Å². The Morgan fingerprint density at radius 2 is 1.73 bits per heavy atom. The van der Waals surface area contributed by atoms with Crippen LogP contribution in [0.15, 0.2) is 84.0 Å². The first-order chi connectivity index (χ1) is 19.5. The van der Waals surface area contributed by atoms with Crippen LogP contribution in [0.5, 0.6) is 0 Å². The monoisotopic (exact) mass is 585 g/mol. The number of pyridine rings is 1. The van der Waals surface area contributed by atoms with Gasteiger partial charge in [-0.25, -0.2) is 22.8 Å². The first kappa shape index (κ1) is 28.3. The molecule has 41 heavy (non-hydrogen) atoms. The van der Waals surface area contributed by atoms with E-state index >= 15 is 0 Å². The minimum absolute atomic E-state index is 0.0941. The van der Waals surface area contributed by atoms with Crippen molar-refractivity contribution in [2.75, 3.05) is 6.54 Å². The van der Waals surface area contributed by atoms with E-state index in [9.17, 15) is 30.8 Å². The van der Waals surface area contributed by atoms with E-state index < -0.39 is 39.5 Å². The van der Waals surface area contributed by atoms with Gasteiger partial charge in [-0.15, -0.1) is 0 Å². The first-order valence-corrected chi connectivity index (χ1v) is 14.0. The summed E-state index contributed by atoms with van der Waals surface area (Å²) in [5.74, 6) is -0.863. The van der Waals surface area contributed by atoms with Crippen LogP contribution >= 0.6 is 0 Å². The van der Waals surface area contributed by atoms with Crippen molar-refractivity contribution in [1.82, 2.24) is 24.6 Å². The van der Waals surface area contributed by atoms with Gasteiger partial charge in [-0.3, -0.25) is 9.78 Å². The number of hydrogen-bond acceptors (Lipinski definition) is 6. The fraction of sp³-hybridized carbons (Fsp3) is 0.214. The smallest absolute Gasteiger partial charge is 0.349 e. The normalized spacial score (nSPS) is 16.0. The molecule has 1 aliphatic heterocycles. The number of amides is 1. The lowest BCUT2D eigenvalue weighted by Crippen LogP contribution is -2.45. The second-order valence-electron chi connectivity index (χ2n) is 9.33. The van der Waals surface area contributed by atoms with Crippen molar-refractivity contribution in [3.8, 4) is 22.6 Å². The van der Waals surface area contributed by atoms with Crippen molar-refractivity contribution in [2.45, 2.75) is 36.5 Å². The molecule has 1 amide bonds. The molecule has 1 N–H and O–H groups in total. The van der Waals surface area contributed by atoms with E-state index in [0.717, 1.165) is 40.7 Å². The van der Waals surface area contributed by atoms with Crippen LogP contribution in [0, 0.1) is 5.82 Å². The maximum Gasteiger partial charge on any atom is 0.416 e. The zero-order valence-electron chi connectivity index (χ0n) is 21.3. The van der Waals surface area contributed by atoms with Gasteiger partial charge in [-0.1, -0.05) is 12.1 Å². The van der Waals surface area contributed by atoms with E-state index in [1.807, 2.05) is 0 Å². The average molecular weight is 586 g/mol. The summed E-state index contributed by atoms with van der Waals surface area (Å²) in [6.45, 7) is 0.0394. The van der Waals surface area contributed by atoms with E-state index in [-0.39, 0.29) is 23.8 Å². The minimum Gasteiger partial charge on any atom is -0.349 e. The molecule has 0 saturated carbocycles. The first-order valence-electron chi connectivity index (χ1n) is 12.5. The molecule has 0 radical (unpaired) electrons. The molecule has 212 valence electrons. The predicted molar refractivity (Wildman–Crippen MR) is 141 cm³/mol. The van der Waals surface area contributed by atoms with Crippen molar-refractivity contribution in [3.05, 3.63) is 96.2 Å². The Labute approximate surface area is 233 Å². The van der Waals surface area contributed by atoms with Crippen LogP contribution in [0.4, 0.5) is 17.6 Å². The lowest BCUT2D eigenvalue weighted by Gasteiger charge is -2.23. The van der Waals surface area contributed by atoms with E-state index in [2.05, 4.69) is 20.3 Å². The molecule has 0 unspecified atom stereocenters. The number of benzene rings is 2. The average Bonchev–Trinajstić information content (AvgIpc) is 3.47. The van der Waals surface area contributed by atoms with Crippen LogP contribution in [-0.2, 0) is 27.5 Å². The molecular weight excluding hydrogens is 562 g/mol. The van der Waals surface area contributed by atoms with E-state index in [1.54, 1.807) is 24.4 Å². The number of halogens is 4. The number of carbonyl (C=O) groups is 1. The molecule has 0 bridgehead atoms. The Kier molecular flexibility index (Phi) is 7.82. The predicted octanol–water partition coefficient (Wildman–Crippen LogP) is 4.83. The van der Waals surface area contributed by atoms with Crippen molar-refractivity contribution >= 4 is 15.9 Å². The Hall–Kier alpha value is -4.23. The van der Waals surface area contributed by atoms with Gasteiger partial charge in [0.15, 0.2) is 5.82 Å². The molecule has 0 aliphatic carbocycles. The third kappa shape index (κ3) is 6.25. The van der Waals surface area contributed by atoms with Crippen LogP contribution in [0.25, 0.3) is 22.6 Å². The molecule has 1 aliphatic rings. The minimum atomic E-state index is -4.49. The van der Waals surface area contributed by atoms with Crippen LogP contribution in [0.1, 0.15) is 24.1 Å². The van der Waals surface area contributed by atoms with Gasteiger partial charge in [-0.05, 0) is 67.4 Å². The van der Waals surface area contributed by atoms with Crippen molar-refractivity contribution in [2.24, 2.45) is 0 Å². The maximum absolute atomic E-state index is 13.3. The fourth-order valence-corrected chi connectivity index (χ4v) is 6.17. The standard InChI is InChI=1S/C28H23F4N5O3S/c29-21-9-11-23(12-10-21)41(39,40)37-14-2-4-25(37)27(38)34-17-22-15-24(18-5-7-20(8-6-18)28(30,31)32)36-26(35-22)19-3-1-13-33-16-19/h1,3,5-13,15-16,25H,2,4,14,17H2,(H,34,38)/t25-/m0/s1. The lowest BCUT2D eigenvalue weighted by atomic mass is 10.1. The fourth-order valence-electron chi connectivity index (χ4n) is 4.52. The molecule has 4 aromatic rings. The summed E-state index contributed by atoms with van der Waals surface area (Å²) in [6, 6.07) is 12.9. The van der Waals surface area contributed by atoms with Gasteiger partial charge in [-0.2, -0.15) is 17.5 Å². The van der Waals surface area contributed by atoms with E-state index in [4.69, 9.17) is 0 Å². The van der Waals surface area contributed by atoms with Gasteiger partial charge in [0.1, 0.15) is 11.9 Å². The van der Waals surface area contributed by atoms with Gasteiger partial charge in [0.2, 0.25) is 15.9 Å². The molecule has 2 aromatic heterocycles. The number of nitrogens with zero attached hydrogens (tertiary/aromatic N) is 4. The van der Waals surface area contributed by atoms with Crippen molar-refractivity contribution < 1.29 is 30.8 Å². The molecular formula is C28H23F4N5O3S. The van der Waals surface area contributed by atoms with Gasteiger partial charge >= 0.3 is 6.18 Å². The van der Waals surface area contributed by atoms with Gasteiger partial charge < -0.3 is 5.32 Å². The zero-order valence-corrected chi connectivity index (χ0v) is 22.2. The number of hydrogen-bond donors (Lipinski definition) is 1. The summed E-state index contributed by atoms with van der Waals surface area (Å²) in [5.41, 5.74) is 0.852. The second kappa shape index (κ2) is 11.3. The Morgan fingerprint density at radius 3 is 2.39 bits per heavy atom. The summed E-state index contributed by atoms with van der Waals surface area (Å²) in [5, 5.41) is 2.73. The molecule has 5 rings (SSSR count). The number of rotatable bonds is 7. The summed E-state index contributed by atoms with van der Waals surface area (Å²) >= 11 is 0. The maximum atomic E-state index is 13.3. The zero-order chi connectivity index (χ0) is 29.2. The number of sulfonamides is 1. The Bertz CT molecular complexity index is 1650. The number of aromatic nitrogens is 3.